The summed E-state index contributed by atoms with van der Waals surface area (Å²) >= 11 is 1.28. The van der Waals surface area contributed by atoms with Crippen LogP contribution in [0.1, 0.15) is 22.8 Å². The molecule has 0 aromatic heterocycles. The Kier molecular flexibility index (Phi) is 6.88. The molecule has 7 nitrogen and oxygen atoms in total. The van der Waals surface area contributed by atoms with Gasteiger partial charge >= 0.3 is 5.97 Å². The van der Waals surface area contributed by atoms with Crippen molar-refractivity contribution in [3.05, 3.63) is 70.6 Å². The Morgan fingerprint density at radius 3 is 2.47 bits per heavy atom. The average molecular weight is 477 g/mol. The molecule has 0 bridgehead atoms. The lowest BCUT2D eigenvalue weighted by atomic mass is 10.0. The molecular formula is C26H24N2O5S. The molecule has 4 rings (SSSR count). The monoisotopic (exact) mass is 476 g/mol. The minimum absolute atomic E-state index is 0.158. The molecule has 1 heterocycles. The number of thioether (sulfide) groups is 1. The lowest BCUT2D eigenvalue weighted by molar-refractivity contribution is -0.121. The van der Waals surface area contributed by atoms with Gasteiger partial charge in [0.25, 0.3) is 5.91 Å². The summed E-state index contributed by atoms with van der Waals surface area (Å²) < 4.78 is 16.0. The van der Waals surface area contributed by atoms with E-state index in [2.05, 4.69) is 4.99 Å². The van der Waals surface area contributed by atoms with Gasteiger partial charge in [0.1, 0.15) is 11.5 Å². The largest absolute Gasteiger partial charge is 0.497 e. The Hall–Kier alpha value is -3.78. The fraction of sp³-hybridized carbons (Fsp3) is 0.192. The number of hydrogen-bond donors (Lipinski definition) is 0. The van der Waals surface area contributed by atoms with Crippen molar-refractivity contribution in [1.29, 1.82) is 0 Å². The number of rotatable bonds is 6. The number of amides is 1. The Morgan fingerprint density at radius 1 is 1.06 bits per heavy atom. The van der Waals surface area contributed by atoms with Crippen LogP contribution in [-0.2, 0) is 9.53 Å². The summed E-state index contributed by atoms with van der Waals surface area (Å²) in [5.74, 6) is 0.838. The molecule has 1 fully saturated rings. The van der Waals surface area contributed by atoms with Gasteiger partial charge in [-0.15, -0.1) is 0 Å². The molecule has 0 radical (unpaired) electrons. The highest BCUT2D eigenvalue weighted by Crippen LogP contribution is 2.38. The smallest absolute Gasteiger partial charge is 0.338 e. The summed E-state index contributed by atoms with van der Waals surface area (Å²) in [5.41, 5.74) is 1.88. The van der Waals surface area contributed by atoms with Gasteiger partial charge in [-0.3, -0.25) is 9.69 Å². The molecule has 3 aromatic rings. The molecule has 0 unspecified atom stereocenters. The Bertz CT molecular complexity index is 1310. The van der Waals surface area contributed by atoms with E-state index >= 15 is 0 Å². The number of hydrogen-bond acceptors (Lipinski definition) is 7. The number of nitrogens with zero attached hydrogens (tertiary/aromatic N) is 2. The molecule has 8 heteroatoms. The molecule has 0 saturated carbocycles. The third kappa shape index (κ3) is 4.63. The maximum Gasteiger partial charge on any atom is 0.338 e. The summed E-state index contributed by atoms with van der Waals surface area (Å²) in [4.78, 5) is 31.5. The Balaban J connectivity index is 1.68. The molecular weight excluding hydrogens is 452 g/mol. The van der Waals surface area contributed by atoms with Crippen molar-refractivity contribution in [2.75, 3.05) is 27.9 Å². The molecule has 0 spiro atoms. The maximum absolute atomic E-state index is 13.0. The van der Waals surface area contributed by atoms with Crippen LogP contribution in [0.2, 0.25) is 0 Å². The first kappa shape index (κ1) is 23.4. The van der Waals surface area contributed by atoms with E-state index in [1.807, 2.05) is 36.4 Å². The molecule has 1 saturated heterocycles. The lowest BCUT2D eigenvalue weighted by Crippen LogP contribution is -2.23. The number of carbonyl (C=O) groups is 2. The average Bonchev–Trinajstić information content (AvgIpc) is 3.12. The van der Waals surface area contributed by atoms with Gasteiger partial charge in [-0.1, -0.05) is 12.1 Å². The zero-order valence-corrected chi connectivity index (χ0v) is 20.1. The molecule has 0 N–H and O–H groups in total. The second-order valence-electron chi connectivity index (χ2n) is 7.41. The molecule has 3 aromatic carbocycles. The van der Waals surface area contributed by atoms with E-state index in [0.29, 0.717) is 33.7 Å². The second kappa shape index (κ2) is 10.0. The van der Waals surface area contributed by atoms with Crippen molar-refractivity contribution >= 4 is 51.3 Å². The summed E-state index contributed by atoms with van der Waals surface area (Å²) in [6.45, 7) is 2.08. The normalized spacial score (nSPS) is 15.9. The SMILES string of the molecule is CCOC(=O)c1ccc(N=C2S/C(=C\c3c(OC)ccc4ccc(OC)cc34)C(=O)N2C)cc1. The van der Waals surface area contributed by atoms with Gasteiger partial charge in [0.05, 0.1) is 37.0 Å². The molecule has 174 valence electrons. The van der Waals surface area contributed by atoms with Crippen LogP contribution in [0.3, 0.4) is 0 Å². The zero-order chi connectivity index (χ0) is 24.2. The van der Waals surface area contributed by atoms with E-state index in [1.54, 1.807) is 52.5 Å². The maximum atomic E-state index is 13.0. The van der Waals surface area contributed by atoms with Gasteiger partial charge in [0.15, 0.2) is 5.17 Å². The number of fused-ring (bicyclic) bond motifs is 1. The van der Waals surface area contributed by atoms with Crippen molar-refractivity contribution < 1.29 is 23.8 Å². The fourth-order valence-corrected chi connectivity index (χ4v) is 4.50. The quantitative estimate of drug-likeness (QED) is 0.356. The van der Waals surface area contributed by atoms with Crippen molar-refractivity contribution in [3.63, 3.8) is 0 Å². The minimum atomic E-state index is -0.380. The van der Waals surface area contributed by atoms with Crippen molar-refractivity contribution in [1.82, 2.24) is 4.90 Å². The molecule has 1 amide bonds. The van der Waals surface area contributed by atoms with Crippen LogP contribution in [0, 0.1) is 0 Å². The Morgan fingerprint density at radius 2 is 1.79 bits per heavy atom. The van der Waals surface area contributed by atoms with E-state index in [9.17, 15) is 9.59 Å². The van der Waals surface area contributed by atoms with Crippen LogP contribution in [0.25, 0.3) is 16.8 Å². The van der Waals surface area contributed by atoms with Crippen LogP contribution >= 0.6 is 11.8 Å². The number of aliphatic imine (C=N–C) groups is 1. The van der Waals surface area contributed by atoms with Crippen molar-refractivity contribution in [2.24, 2.45) is 4.99 Å². The van der Waals surface area contributed by atoms with Gasteiger partial charge < -0.3 is 14.2 Å². The van der Waals surface area contributed by atoms with E-state index < -0.39 is 0 Å². The summed E-state index contributed by atoms with van der Waals surface area (Å²) in [6, 6.07) is 16.4. The number of amidine groups is 1. The van der Waals surface area contributed by atoms with Gasteiger partial charge in [0, 0.05) is 12.6 Å². The number of esters is 1. The minimum Gasteiger partial charge on any atom is -0.497 e. The second-order valence-corrected chi connectivity index (χ2v) is 8.41. The summed E-state index contributed by atoms with van der Waals surface area (Å²) in [6.07, 6.45) is 1.83. The molecule has 0 aliphatic carbocycles. The Labute approximate surface area is 202 Å². The van der Waals surface area contributed by atoms with Gasteiger partial charge in [-0.25, -0.2) is 9.79 Å². The fourth-order valence-electron chi connectivity index (χ4n) is 3.54. The summed E-state index contributed by atoms with van der Waals surface area (Å²) in [7, 11) is 4.91. The predicted octanol–water partition coefficient (Wildman–Crippen LogP) is 5.27. The highest BCUT2D eigenvalue weighted by atomic mass is 32.2. The van der Waals surface area contributed by atoms with E-state index in [1.165, 1.54) is 16.7 Å². The van der Waals surface area contributed by atoms with Crippen LogP contribution in [0.5, 0.6) is 11.5 Å². The number of methoxy groups -OCH3 is 2. The number of carbonyl (C=O) groups excluding carboxylic acids is 2. The van der Waals surface area contributed by atoms with E-state index in [0.717, 1.165) is 22.1 Å². The van der Waals surface area contributed by atoms with E-state index in [-0.39, 0.29) is 11.9 Å². The van der Waals surface area contributed by atoms with Crippen LogP contribution < -0.4 is 9.47 Å². The number of benzene rings is 3. The third-order valence-corrected chi connectivity index (χ3v) is 6.39. The van der Waals surface area contributed by atoms with E-state index in [4.69, 9.17) is 14.2 Å². The number of ether oxygens (including phenoxy) is 3. The lowest BCUT2D eigenvalue weighted by Gasteiger charge is -2.11. The first-order valence-corrected chi connectivity index (χ1v) is 11.4. The third-order valence-electron chi connectivity index (χ3n) is 5.33. The molecule has 1 aliphatic heterocycles. The van der Waals surface area contributed by atoms with Gasteiger partial charge in [0.2, 0.25) is 0 Å². The zero-order valence-electron chi connectivity index (χ0n) is 19.3. The topological polar surface area (TPSA) is 77.4 Å². The summed E-state index contributed by atoms with van der Waals surface area (Å²) in [5, 5.41) is 2.46. The van der Waals surface area contributed by atoms with Crippen LogP contribution in [-0.4, -0.2) is 49.8 Å². The van der Waals surface area contributed by atoms with Gasteiger partial charge in [-0.05, 0) is 78.0 Å². The van der Waals surface area contributed by atoms with Crippen molar-refractivity contribution in [2.45, 2.75) is 6.92 Å². The van der Waals surface area contributed by atoms with Crippen LogP contribution in [0.4, 0.5) is 5.69 Å². The molecule has 0 atom stereocenters. The standard InChI is InChI=1S/C26H24N2O5S/c1-5-33-25(30)17-6-10-18(11-7-17)27-26-28(2)24(29)23(34-26)15-21-20-14-19(31-3)12-8-16(20)9-13-22(21)32-4/h6-15H,5H2,1-4H3/b23-15-,27-26?. The van der Waals surface area contributed by atoms with Crippen molar-refractivity contribution in [3.8, 4) is 11.5 Å². The first-order valence-electron chi connectivity index (χ1n) is 10.6. The van der Waals surface area contributed by atoms with Crippen LogP contribution in [0.15, 0.2) is 64.5 Å². The molecule has 1 aliphatic rings. The molecule has 34 heavy (non-hydrogen) atoms. The predicted molar refractivity (Wildman–Crippen MR) is 135 cm³/mol. The first-order chi connectivity index (χ1) is 16.4. The number of likely N-dealkylation sites (N-methyl/N-ethyl adjacent to an activating group) is 1. The van der Waals surface area contributed by atoms with Gasteiger partial charge in [-0.2, -0.15) is 0 Å². The highest BCUT2D eigenvalue weighted by Gasteiger charge is 2.31. The highest BCUT2D eigenvalue weighted by molar-refractivity contribution is 8.18.